The Morgan fingerprint density at radius 3 is 2.80 bits per heavy atom. The molecule has 1 aromatic carbocycles. The Balaban J connectivity index is 1.56. The third-order valence-corrected chi connectivity index (χ3v) is 5.65. The molecule has 0 bridgehead atoms. The average molecular weight is 360 g/mol. The van der Waals surface area contributed by atoms with Crippen LogP contribution in [0.1, 0.15) is 11.6 Å². The second kappa shape index (κ2) is 5.37. The minimum Gasteiger partial charge on any atom is -0.316 e. The third-order valence-electron chi connectivity index (χ3n) is 5.25. The minimum absolute atomic E-state index is 0.147. The highest BCUT2D eigenvalue weighted by molar-refractivity contribution is 6.34. The molecule has 6 nitrogen and oxygen atoms in total. The van der Waals surface area contributed by atoms with Crippen molar-refractivity contribution in [2.24, 2.45) is 11.8 Å². The summed E-state index contributed by atoms with van der Waals surface area (Å²) in [6.07, 6.45) is 1.59. The second-order valence-corrected chi connectivity index (χ2v) is 7.03. The number of benzene rings is 1. The van der Waals surface area contributed by atoms with Crippen LogP contribution < -0.4 is 10.9 Å². The molecule has 3 aromatic rings. The van der Waals surface area contributed by atoms with Crippen LogP contribution in [0.15, 0.2) is 35.3 Å². The van der Waals surface area contributed by atoms with Crippen molar-refractivity contribution in [1.82, 2.24) is 24.9 Å². The van der Waals surface area contributed by atoms with E-state index < -0.39 is 0 Å². The van der Waals surface area contributed by atoms with Crippen molar-refractivity contribution < 1.29 is 4.39 Å². The maximum absolute atomic E-state index is 13.9. The largest absolute Gasteiger partial charge is 0.316 e. The quantitative estimate of drug-likeness (QED) is 0.775. The van der Waals surface area contributed by atoms with Crippen molar-refractivity contribution in [3.63, 3.8) is 0 Å². The molecule has 2 fully saturated rings. The first kappa shape index (κ1) is 15.0. The molecule has 0 spiro atoms. The molecule has 0 amide bonds. The highest BCUT2D eigenvalue weighted by Crippen LogP contribution is 2.51. The predicted octanol–water partition coefficient (Wildman–Crippen LogP) is 1.82. The fourth-order valence-electron chi connectivity index (χ4n) is 3.86. The van der Waals surface area contributed by atoms with E-state index in [1.807, 2.05) is 0 Å². The molecule has 1 saturated heterocycles. The summed E-state index contributed by atoms with van der Waals surface area (Å²) >= 11 is 6.35. The smallest absolute Gasteiger partial charge is 0.295 e. The van der Waals surface area contributed by atoms with Crippen LogP contribution >= 0.6 is 11.6 Å². The lowest BCUT2D eigenvalue weighted by Gasteiger charge is -2.06. The van der Waals surface area contributed by atoms with Gasteiger partial charge in [0.2, 0.25) is 0 Å². The van der Waals surface area contributed by atoms with Gasteiger partial charge in [0, 0.05) is 30.5 Å². The number of rotatable bonds is 3. The van der Waals surface area contributed by atoms with E-state index >= 15 is 0 Å². The van der Waals surface area contributed by atoms with Crippen LogP contribution in [0.25, 0.3) is 10.9 Å². The topological polar surface area (TPSA) is 64.7 Å². The molecular weight excluding hydrogens is 345 g/mol. The van der Waals surface area contributed by atoms with E-state index in [0.29, 0.717) is 27.9 Å². The number of halogens is 2. The first-order chi connectivity index (χ1) is 12.1. The van der Waals surface area contributed by atoms with Crippen molar-refractivity contribution in [3.8, 4) is 0 Å². The second-order valence-electron chi connectivity index (χ2n) is 6.67. The van der Waals surface area contributed by atoms with Crippen LogP contribution in [0.5, 0.6) is 0 Å². The van der Waals surface area contributed by atoms with Gasteiger partial charge in [-0.25, -0.2) is 13.8 Å². The van der Waals surface area contributed by atoms with Crippen LogP contribution in [-0.4, -0.2) is 32.7 Å². The van der Waals surface area contributed by atoms with Crippen molar-refractivity contribution in [1.29, 1.82) is 0 Å². The molecule has 5 rings (SSSR count). The van der Waals surface area contributed by atoms with Crippen LogP contribution in [0.2, 0.25) is 5.15 Å². The van der Waals surface area contributed by atoms with Gasteiger partial charge in [0.05, 0.1) is 24.2 Å². The third kappa shape index (κ3) is 2.22. The zero-order valence-electron chi connectivity index (χ0n) is 13.2. The van der Waals surface area contributed by atoms with Gasteiger partial charge in [-0.2, -0.15) is 10.2 Å². The number of fused-ring (bicyclic) bond motifs is 2. The molecule has 1 aliphatic heterocycles. The van der Waals surface area contributed by atoms with Crippen molar-refractivity contribution in [2.45, 2.75) is 12.6 Å². The summed E-state index contributed by atoms with van der Waals surface area (Å²) in [5.74, 6) is 0.615. The highest BCUT2D eigenvalue weighted by Gasteiger charge is 2.55. The van der Waals surface area contributed by atoms with Crippen LogP contribution in [0, 0.1) is 17.7 Å². The van der Waals surface area contributed by atoms with Crippen molar-refractivity contribution in [2.75, 3.05) is 13.1 Å². The summed E-state index contributed by atoms with van der Waals surface area (Å²) < 4.78 is 16.9. The van der Waals surface area contributed by atoms with Crippen molar-refractivity contribution in [3.05, 3.63) is 57.3 Å². The Kier molecular flexibility index (Phi) is 3.23. The standard InChI is InChI=1S/C17H15ClFN5O/c18-16-12-7-21-24(15-10-5-20-6-11(10)15)17(25)14(12)22-23(16)8-9-3-1-2-4-13(9)19/h1-4,7,10-11,15,20H,5-6,8H2/t10-,11+,15-. The van der Waals surface area contributed by atoms with E-state index in [0.717, 1.165) is 13.1 Å². The Morgan fingerprint density at radius 1 is 1.28 bits per heavy atom. The Labute approximate surface area is 147 Å². The Morgan fingerprint density at radius 2 is 2.04 bits per heavy atom. The van der Waals surface area contributed by atoms with Crippen molar-refractivity contribution >= 4 is 22.5 Å². The van der Waals surface area contributed by atoms with Gasteiger partial charge in [0.25, 0.3) is 5.56 Å². The van der Waals surface area contributed by atoms with Crippen LogP contribution in [0.3, 0.4) is 0 Å². The van der Waals surface area contributed by atoms with E-state index in [1.165, 1.54) is 15.4 Å². The molecule has 3 heterocycles. The first-order valence-corrected chi connectivity index (χ1v) is 8.61. The van der Waals surface area contributed by atoms with E-state index in [1.54, 1.807) is 24.4 Å². The fourth-order valence-corrected chi connectivity index (χ4v) is 4.10. The number of hydrogen-bond acceptors (Lipinski definition) is 4. The monoisotopic (exact) mass is 359 g/mol. The zero-order valence-corrected chi connectivity index (χ0v) is 13.9. The molecule has 1 saturated carbocycles. The molecule has 2 aliphatic rings. The van der Waals surface area contributed by atoms with Gasteiger partial charge < -0.3 is 5.32 Å². The molecule has 1 aliphatic carbocycles. The van der Waals surface area contributed by atoms with Gasteiger partial charge in [-0.05, 0) is 6.07 Å². The molecule has 1 N–H and O–H groups in total. The van der Waals surface area contributed by atoms with Gasteiger partial charge in [-0.3, -0.25) is 4.79 Å². The van der Waals surface area contributed by atoms with E-state index in [2.05, 4.69) is 15.5 Å². The maximum Gasteiger partial charge on any atom is 0.295 e. The van der Waals surface area contributed by atoms with E-state index in [9.17, 15) is 9.18 Å². The average Bonchev–Trinajstić information content (AvgIpc) is 2.93. The Bertz CT molecular complexity index is 1040. The lowest BCUT2D eigenvalue weighted by atomic mass is 10.2. The number of piperidine rings is 1. The van der Waals surface area contributed by atoms with Crippen LogP contribution in [-0.2, 0) is 6.54 Å². The summed E-state index contributed by atoms with van der Waals surface area (Å²) in [5.41, 5.74) is 0.522. The number of nitrogens with one attached hydrogen (secondary N) is 1. The highest BCUT2D eigenvalue weighted by atomic mass is 35.5. The van der Waals surface area contributed by atoms with E-state index in [4.69, 9.17) is 11.6 Å². The molecule has 128 valence electrons. The summed E-state index contributed by atoms with van der Waals surface area (Å²) in [6.45, 7) is 2.01. The maximum atomic E-state index is 13.9. The molecular formula is C17H15ClFN5O. The zero-order chi connectivity index (χ0) is 17.1. The number of nitrogens with zero attached hydrogens (tertiary/aromatic N) is 4. The first-order valence-electron chi connectivity index (χ1n) is 8.23. The molecule has 0 radical (unpaired) electrons. The summed E-state index contributed by atoms with van der Waals surface area (Å²) in [4.78, 5) is 12.8. The SMILES string of the molecule is O=c1c2nn(Cc3ccccc3F)c(Cl)c2cnn1[C@@H]1[C@@H]2CNC[C@@H]21. The van der Waals surface area contributed by atoms with Gasteiger partial charge in [0.1, 0.15) is 11.0 Å². The molecule has 2 aromatic heterocycles. The van der Waals surface area contributed by atoms with Crippen LogP contribution in [0.4, 0.5) is 4.39 Å². The van der Waals surface area contributed by atoms with Gasteiger partial charge in [-0.1, -0.05) is 29.8 Å². The molecule has 8 heteroatoms. The predicted molar refractivity (Wildman–Crippen MR) is 91.2 cm³/mol. The number of hydrogen-bond donors (Lipinski definition) is 1. The summed E-state index contributed by atoms with van der Waals surface area (Å²) in [6, 6.07) is 6.59. The molecule has 3 atom stereocenters. The minimum atomic E-state index is -0.327. The van der Waals surface area contributed by atoms with Gasteiger partial charge in [-0.15, -0.1) is 0 Å². The molecule has 25 heavy (non-hydrogen) atoms. The summed E-state index contributed by atoms with van der Waals surface area (Å²) in [7, 11) is 0. The number of aromatic nitrogens is 4. The fraction of sp³-hybridized carbons (Fsp3) is 0.353. The molecule has 0 unspecified atom stereocenters. The normalized spacial score (nSPS) is 24.6. The van der Waals surface area contributed by atoms with E-state index in [-0.39, 0.29) is 29.5 Å². The lowest BCUT2D eigenvalue weighted by molar-refractivity contribution is 0.503. The Hall–Kier alpha value is -2.25. The lowest BCUT2D eigenvalue weighted by Crippen LogP contribution is -2.27. The van der Waals surface area contributed by atoms with Gasteiger partial charge >= 0.3 is 0 Å². The van der Waals surface area contributed by atoms with Gasteiger partial charge in [0.15, 0.2) is 5.52 Å². The summed E-state index contributed by atoms with van der Waals surface area (Å²) in [5, 5.41) is 12.8.